The predicted octanol–water partition coefficient (Wildman–Crippen LogP) is 1.33. The van der Waals surface area contributed by atoms with Gasteiger partial charge in [0.25, 0.3) is 5.56 Å². The molecule has 0 saturated carbocycles. The van der Waals surface area contributed by atoms with Crippen LogP contribution < -0.4 is 10.9 Å². The van der Waals surface area contributed by atoms with Gasteiger partial charge in [-0.3, -0.25) is 9.59 Å². The SMILES string of the molecule is CN(C)[C@@H](CNC(=O)Cn1ccccc1=O)c1ccsc1. The van der Waals surface area contributed by atoms with Crippen molar-refractivity contribution in [1.82, 2.24) is 14.8 Å². The van der Waals surface area contributed by atoms with Gasteiger partial charge < -0.3 is 14.8 Å². The number of thiophene rings is 1. The number of pyridine rings is 1. The van der Waals surface area contributed by atoms with Crippen LogP contribution in [0, 0.1) is 0 Å². The Bertz CT molecular complexity index is 634. The van der Waals surface area contributed by atoms with Crippen LogP contribution >= 0.6 is 11.3 Å². The summed E-state index contributed by atoms with van der Waals surface area (Å²) in [6, 6.07) is 7.04. The number of likely N-dealkylation sites (N-methyl/N-ethyl adjacent to an activating group) is 1. The highest BCUT2D eigenvalue weighted by molar-refractivity contribution is 7.07. The molecular weight excluding hydrogens is 286 g/mol. The third kappa shape index (κ3) is 4.27. The molecule has 2 aromatic heterocycles. The molecule has 0 aliphatic heterocycles. The smallest absolute Gasteiger partial charge is 0.250 e. The van der Waals surface area contributed by atoms with Crippen LogP contribution in [0.5, 0.6) is 0 Å². The maximum absolute atomic E-state index is 12.0. The Morgan fingerprint density at radius 1 is 1.38 bits per heavy atom. The highest BCUT2D eigenvalue weighted by atomic mass is 32.1. The first-order chi connectivity index (χ1) is 10.1. The molecule has 5 nitrogen and oxygen atoms in total. The fourth-order valence-electron chi connectivity index (χ4n) is 2.08. The lowest BCUT2D eigenvalue weighted by molar-refractivity contribution is -0.121. The van der Waals surface area contributed by atoms with Crippen molar-refractivity contribution in [2.24, 2.45) is 0 Å². The fraction of sp³-hybridized carbons (Fsp3) is 0.333. The third-order valence-corrected chi connectivity index (χ3v) is 3.96. The third-order valence-electron chi connectivity index (χ3n) is 3.26. The molecule has 2 heterocycles. The van der Waals surface area contributed by atoms with Crippen LogP contribution in [-0.4, -0.2) is 36.0 Å². The molecule has 0 saturated heterocycles. The second-order valence-corrected chi connectivity index (χ2v) is 5.79. The lowest BCUT2D eigenvalue weighted by Crippen LogP contribution is -2.37. The number of amides is 1. The monoisotopic (exact) mass is 305 g/mol. The second kappa shape index (κ2) is 7.19. The lowest BCUT2D eigenvalue weighted by atomic mass is 10.1. The van der Waals surface area contributed by atoms with Crippen molar-refractivity contribution in [3.63, 3.8) is 0 Å². The van der Waals surface area contributed by atoms with Crippen LogP contribution in [-0.2, 0) is 11.3 Å². The Balaban J connectivity index is 1.94. The normalized spacial score (nSPS) is 12.3. The Morgan fingerprint density at radius 2 is 2.19 bits per heavy atom. The van der Waals surface area contributed by atoms with E-state index in [9.17, 15) is 9.59 Å². The summed E-state index contributed by atoms with van der Waals surface area (Å²) in [5.74, 6) is -0.162. The zero-order chi connectivity index (χ0) is 15.2. The molecule has 6 heteroatoms. The van der Waals surface area contributed by atoms with Gasteiger partial charge in [-0.15, -0.1) is 0 Å². The van der Waals surface area contributed by atoms with Gasteiger partial charge >= 0.3 is 0 Å². The van der Waals surface area contributed by atoms with Gasteiger partial charge in [-0.05, 0) is 42.6 Å². The summed E-state index contributed by atoms with van der Waals surface area (Å²) < 4.78 is 1.39. The summed E-state index contributed by atoms with van der Waals surface area (Å²) in [6.07, 6.45) is 1.62. The van der Waals surface area contributed by atoms with Gasteiger partial charge in [0.2, 0.25) is 5.91 Å². The molecule has 0 fully saturated rings. The molecule has 2 aromatic rings. The molecule has 0 aliphatic carbocycles. The van der Waals surface area contributed by atoms with Gasteiger partial charge in [0, 0.05) is 18.8 Å². The van der Waals surface area contributed by atoms with Crippen LogP contribution in [0.15, 0.2) is 46.0 Å². The molecule has 1 N–H and O–H groups in total. The Morgan fingerprint density at radius 3 is 2.81 bits per heavy atom. The molecule has 0 aromatic carbocycles. The summed E-state index contributed by atoms with van der Waals surface area (Å²) >= 11 is 1.64. The molecule has 0 spiro atoms. The van der Waals surface area contributed by atoms with Crippen molar-refractivity contribution in [3.05, 3.63) is 57.1 Å². The Hall–Kier alpha value is -1.92. The number of hydrogen-bond donors (Lipinski definition) is 1. The van der Waals surface area contributed by atoms with E-state index in [4.69, 9.17) is 0 Å². The summed E-state index contributed by atoms with van der Waals surface area (Å²) in [5.41, 5.74) is 1.01. The van der Waals surface area contributed by atoms with Gasteiger partial charge in [-0.1, -0.05) is 6.07 Å². The number of aromatic nitrogens is 1. The molecule has 112 valence electrons. The maximum atomic E-state index is 12.0. The Kier molecular flexibility index (Phi) is 5.30. The van der Waals surface area contributed by atoms with Gasteiger partial charge in [-0.25, -0.2) is 0 Å². The lowest BCUT2D eigenvalue weighted by Gasteiger charge is -2.24. The van der Waals surface area contributed by atoms with Crippen molar-refractivity contribution < 1.29 is 4.79 Å². The first kappa shape index (κ1) is 15.5. The van der Waals surface area contributed by atoms with E-state index in [0.29, 0.717) is 6.54 Å². The number of carbonyl (C=O) groups excluding carboxylic acids is 1. The molecule has 0 aliphatic rings. The molecule has 1 amide bonds. The zero-order valence-electron chi connectivity index (χ0n) is 12.2. The first-order valence-corrected chi connectivity index (χ1v) is 7.63. The van der Waals surface area contributed by atoms with Gasteiger partial charge in [0.05, 0.1) is 6.04 Å². The van der Waals surface area contributed by atoms with Crippen LogP contribution in [0.4, 0.5) is 0 Å². The first-order valence-electron chi connectivity index (χ1n) is 6.68. The van der Waals surface area contributed by atoms with E-state index in [1.165, 1.54) is 16.2 Å². The van der Waals surface area contributed by atoms with Gasteiger partial charge in [0.15, 0.2) is 0 Å². The minimum Gasteiger partial charge on any atom is -0.353 e. The van der Waals surface area contributed by atoms with E-state index >= 15 is 0 Å². The van der Waals surface area contributed by atoms with Crippen LogP contribution in [0.1, 0.15) is 11.6 Å². The average molecular weight is 305 g/mol. The summed E-state index contributed by atoms with van der Waals surface area (Å²) in [6.45, 7) is 0.563. The average Bonchev–Trinajstić information content (AvgIpc) is 2.95. The fourth-order valence-corrected chi connectivity index (χ4v) is 2.78. The van der Waals surface area contributed by atoms with E-state index < -0.39 is 0 Å². The van der Waals surface area contributed by atoms with E-state index in [0.717, 1.165) is 0 Å². The largest absolute Gasteiger partial charge is 0.353 e. The number of nitrogens with zero attached hydrogens (tertiary/aromatic N) is 2. The van der Waals surface area contributed by atoms with E-state index in [1.807, 2.05) is 19.5 Å². The molecule has 21 heavy (non-hydrogen) atoms. The molecule has 2 rings (SSSR count). The van der Waals surface area contributed by atoms with Crippen molar-refractivity contribution in [1.29, 1.82) is 0 Å². The van der Waals surface area contributed by atoms with Crippen molar-refractivity contribution >= 4 is 17.2 Å². The number of hydrogen-bond acceptors (Lipinski definition) is 4. The molecule has 0 radical (unpaired) electrons. The topological polar surface area (TPSA) is 54.3 Å². The number of rotatable bonds is 6. The van der Waals surface area contributed by atoms with Gasteiger partial charge in [-0.2, -0.15) is 11.3 Å². The van der Waals surface area contributed by atoms with Crippen LogP contribution in [0.2, 0.25) is 0 Å². The highest BCUT2D eigenvalue weighted by Gasteiger charge is 2.15. The quantitative estimate of drug-likeness (QED) is 0.876. The summed E-state index contributed by atoms with van der Waals surface area (Å²) in [5, 5.41) is 7.00. The van der Waals surface area contributed by atoms with Gasteiger partial charge in [0.1, 0.15) is 6.54 Å². The number of carbonyl (C=O) groups is 1. The molecule has 0 unspecified atom stereocenters. The Labute approximate surface area is 127 Å². The summed E-state index contributed by atoms with van der Waals surface area (Å²) in [7, 11) is 3.96. The highest BCUT2D eigenvalue weighted by Crippen LogP contribution is 2.19. The molecular formula is C15H19N3O2S. The van der Waals surface area contributed by atoms with E-state index in [2.05, 4.69) is 21.7 Å². The molecule has 1 atom stereocenters. The zero-order valence-corrected chi connectivity index (χ0v) is 13.0. The van der Waals surface area contributed by atoms with Crippen molar-refractivity contribution in [2.75, 3.05) is 20.6 Å². The van der Waals surface area contributed by atoms with Crippen molar-refractivity contribution in [2.45, 2.75) is 12.6 Å². The van der Waals surface area contributed by atoms with Crippen molar-refractivity contribution in [3.8, 4) is 0 Å². The second-order valence-electron chi connectivity index (χ2n) is 5.01. The standard InChI is InChI=1S/C15H19N3O2S/c1-17(2)13(12-6-8-21-11-12)9-16-14(19)10-18-7-4-3-5-15(18)20/h3-8,11,13H,9-10H2,1-2H3,(H,16,19)/t13-/m0/s1. The van der Waals surface area contributed by atoms with Crippen LogP contribution in [0.3, 0.4) is 0 Å². The maximum Gasteiger partial charge on any atom is 0.250 e. The summed E-state index contributed by atoms with van der Waals surface area (Å²) in [4.78, 5) is 25.6. The number of nitrogens with one attached hydrogen (secondary N) is 1. The minimum absolute atomic E-state index is 0.0451. The van der Waals surface area contributed by atoms with E-state index in [-0.39, 0.29) is 24.1 Å². The predicted molar refractivity (Wildman–Crippen MR) is 84.5 cm³/mol. The van der Waals surface area contributed by atoms with Crippen LogP contribution in [0.25, 0.3) is 0 Å². The minimum atomic E-state index is -0.172. The van der Waals surface area contributed by atoms with E-state index in [1.54, 1.807) is 29.7 Å². The molecule has 0 bridgehead atoms.